The number of hydrogen-bond acceptors (Lipinski definition) is 5. The van der Waals surface area contributed by atoms with E-state index in [-0.39, 0.29) is 23.8 Å². The highest BCUT2D eigenvalue weighted by Crippen LogP contribution is 2.18. The number of rotatable bonds is 6. The number of carbonyl (C=O) groups excluding carboxylic acids is 1. The van der Waals surface area contributed by atoms with Gasteiger partial charge >= 0.3 is 5.63 Å². The molecule has 9 heteroatoms. The highest BCUT2D eigenvalue weighted by Gasteiger charge is 2.14. The second-order valence-corrected chi connectivity index (χ2v) is 8.34. The molecule has 0 atom stereocenters. The molecule has 7 nitrogen and oxygen atoms in total. The van der Waals surface area contributed by atoms with E-state index in [1.165, 1.54) is 18.2 Å². The Hall–Kier alpha value is -2.49. The topological polar surface area (TPSA) is 105 Å². The summed E-state index contributed by atoms with van der Waals surface area (Å²) in [7, 11) is -3.69. The number of anilines is 1. The van der Waals surface area contributed by atoms with Gasteiger partial charge in [0.05, 0.1) is 4.90 Å². The van der Waals surface area contributed by atoms with Crippen LogP contribution >= 0.6 is 15.9 Å². The van der Waals surface area contributed by atoms with E-state index in [4.69, 9.17) is 4.42 Å². The molecule has 0 saturated carbocycles. The van der Waals surface area contributed by atoms with E-state index in [1.54, 1.807) is 36.4 Å². The van der Waals surface area contributed by atoms with Gasteiger partial charge in [0.2, 0.25) is 15.9 Å². The van der Waals surface area contributed by atoms with Crippen molar-refractivity contribution >= 4 is 48.5 Å². The third kappa shape index (κ3) is 5.03. The molecule has 2 N–H and O–H groups in total. The van der Waals surface area contributed by atoms with Gasteiger partial charge < -0.3 is 9.73 Å². The molecule has 0 aliphatic carbocycles. The number of amides is 1. The second-order valence-electron chi connectivity index (χ2n) is 5.66. The van der Waals surface area contributed by atoms with E-state index in [0.29, 0.717) is 21.1 Å². The molecule has 3 aromatic rings. The number of sulfonamides is 1. The Bertz CT molecular complexity index is 1160. The van der Waals surface area contributed by atoms with Gasteiger partial charge in [-0.1, -0.05) is 22.0 Å². The summed E-state index contributed by atoms with van der Waals surface area (Å²) >= 11 is 3.22. The van der Waals surface area contributed by atoms with Crippen molar-refractivity contribution in [2.45, 2.75) is 11.3 Å². The molecule has 0 bridgehead atoms. The lowest BCUT2D eigenvalue weighted by Gasteiger charge is -2.08. The minimum absolute atomic E-state index is 0.0326. The van der Waals surface area contributed by atoms with E-state index in [2.05, 4.69) is 26.0 Å². The van der Waals surface area contributed by atoms with Crippen LogP contribution in [0, 0.1) is 0 Å². The molecule has 0 unspecified atom stereocenters. The van der Waals surface area contributed by atoms with E-state index in [0.717, 1.165) is 0 Å². The standard InChI is InChI=1S/C18H15BrN2O5S/c19-13-2-1-3-15(11-13)27(24,25)20-9-8-17(22)21-14-5-6-16-12(10-14)4-7-18(23)26-16/h1-7,10-11,20H,8-9H2,(H,21,22). The molecular weight excluding hydrogens is 436 g/mol. The van der Waals surface area contributed by atoms with Crippen LogP contribution in [0.1, 0.15) is 6.42 Å². The Morgan fingerprint density at radius 2 is 1.89 bits per heavy atom. The Kier molecular flexibility index (Phi) is 5.73. The van der Waals surface area contributed by atoms with Crippen LogP contribution < -0.4 is 15.7 Å². The minimum atomic E-state index is -3.69. The third-order valence-electron chi connectivity index (χ3n) is 3.65. The van der Waals surface area contributed by atoms with Crippen molar-refractivity contribution in [1.82, 2.24) is 4.72 Å². The van der Waals surface area contributed by atoms with Crippen molar-refractivity contribution in [1.29, 1.82) is 0 Å². The van der Waals surface area contributed by atoms with E-state index < -0.39 is 15.6 Å². The summed E-state index contributed by atoms with van der Waals surface area (Å²) in [6, 6.07) is 14.1. The normalized spacial score (nSPS) is 11.4. The molecule has 2 aromatic carbocycles. The summed E-state index contributed by atoms with van der Waals surface area (Å²) in [5.41, 5.74) is 0.496. The first-order chi connectivity index (χ1) is 12.8. The lowest BCUT2D eigenvalue weighted by Crippen LogP contribution is -2.27. The maximum Gasteiger partial charge on any atom is 0.336 e. The van der Waals surface area contributed by atoms with Gasteiger partial charge in [-0.3, -0.25) is 4.79 Å². The fourth-order valence-electron chi connectivity index (χ4n) is 2.39. The van der Waals surface area contributed by atoms with Crippen LogP contribution in [0.4, 0.5) is 5.69 Å². The zero-order chi connectivity index (χ0) is 19.4. The summed E-state index contributed by atoms with van der Waals surface area (Å²) in [5.74, 6) is -0.344. The van der Waals surface area contributed by atoms with Crippen molar-refractivity contribution in [3.8, 4) is 0 Å². The molecule has 1 heterocycles. The fourth-order valence-corrected chi connectivity index (χ4v) is 4.02. The molecule has 0 spiro atoms. The zero-order valence-corrected chi connectivity index (χ0v) is 16.3. The maximum atomic E-state index is 12.2. The van der Waals surface area contributed by atoms with Gasteiger partial charge in [-0.2, -0.15) is 0 Å². The van der Waals surface area contributed by atoms with Crippen LogP contribution in [0.5, 0.6) is 0 Å². The largest absolute Gasteiger partial charge is 0.423 e. The summed E-state index contributed by atoms with van der Waals surface area (Å²) in [6.45, 7) is -0.0386. The van der Waals surface area contributed by atoms with Crippen LogP contribution in [0.15, 0.2) is 73.2 Å². The van der Waals surface area contributed by atoms with E-state index >= 15 is 0 Å². The molecule has 0 saturated heterocycles. The summed E-state index contributed by atoms with van der Waals surface area (Å²) in [6.07, 6.45) is -0.0326. The van der Waals surface area contributed by atoms with Crippen molar-refractivity contribution in [3.63, 3.8) is 0 Å². The second kappa shape index (κ2) is 8.03. The number of nitrogens with one attached hydrogen (secondary N) is 2. The molecule has 1 aromatic heterocycles. The number of benzene rings is 2. The maximum absolute atomic E-state index is 12.2. The highest BCUT2D eigenvalue weighted by molar-refractivity contribution is 9.10. The molecule has 140 valence electrons. The molecule has 0 aliphatic rings. The Labute approximate surface area is 163 Å². The van der Waals surface area contributed by atoms with Gasteiger partial charge in [-0.15, -0.1) is 0 Å². The molecular formula is C18H15BrN2O5S. The Morgan fingerprint density at radius 1 is 1.07 bits per heavy atom. The number of hydrogen-bond donors (Lipinski definition) is 2. The summed E-state index contributed by atoms with van der Waals surface area (Å²) < 4.78 is 32.5. The van der Waals surface area contributed by atoms with Crippen molar-refractivity contribution in [3.05, 3.63) is 69.5 Å². The van der Waals surface area contributed by atoms with Gasteiger partial charge in [0.1, 0.15) is 5.58 Å². The number of carbonyl (C=O) groups is 1. The van der Waals surface area contributed by atoms with Gasteiger partial charge in [0.15, 0.2) is 0 Å². The molecule has 1 amide bonds. The molecule has 3 rings (SSSR count). The third-order valence-corrected chi connectivity index (χ3v) is 5.61. The van der Waals surface area contributed by atoms with Gasteiger partial charge in [-0.25, -0.2) is 17.9 Å². The average molecular weight is 451 g/mol. The first kappa shape index (κ1) is 19.3. The number of fused-ring (bicyclic) bond motifs is 1. The molecule has 0 aliphatic heterocycles. The molecule has 0 fully saturated rings. The lowest BCUT2D eigenvalue weighted by molar-refractivity contribution is -0.116. The van der Waals surface area contributed by atoms with Crippen molar-refractivity contribution < 1.29 is 17.6 Å². The van der Waals surface area contributed by atoms with Gasteiger partial charge in [-0.05, 0) is 42.5 Å². The SMILES string of the molecule is O=C(CCNS(=O)(=O)c1cccc(Br)c1)Nc1ccc2oc(=O)ccc2c1. The average Bonchev–Trinajstić information content (AvgIpc) is 2.61. The molecule has 0 radical (unpaired) electrons. The molecule has 27 heavy (non-hydrogen) atoms. The first-order valence-corrected chi connectivity index (χ1v) is 10.2. The van der Waals surface area contributed by atoms with Crippen molar-refractivity contribution in [2.75, 3.05) is 11.9 Å². The Morgan fingerprint density at radius 3 is 2.67 bits per heavy atom. The minimum Gasteiger partial charge on any atom is -0.423 e. The monoisotopic (exact) mass is 450 g/mol. The lowest BCUT2D eigenvalue weighted by atomic mass is 10.2. The van der Waals surface area contributed by atoms with Crippen LogP contribution in [-0.4, -0.2) is 20.9 Å². The zero-order valence-electron chi connectivity index (χ0n) is 13.9. The predicted octanol–water partition coefficient (Wildman–Crippen LogP) is 2.86. The van der Waals surface area contributed by atoms with Crippen LogP contribution in [-0.2, 0) is 14.8 Å². The van der Waals surface area contributed by atoms with Gasteiger partial charge in [0, 0.05) is 34.6 Å². The smallest absolute Gasteiger partial charge is 0.336 e. The van der Waals surface area contributed by atoms with Crippen molar-refractivity contribution in [2.24, 2.45) is 0 Å². The van der Waals surface area contributed by atoms with E-state index in [9.17, 15) is 18.0 Å². The van der Waals surface area contributed by atoms with Crippen LogP contribution in [0.25, 0.3) is 11.0 Å². The highest BCUT2D eigenvalue weighted by atomic mass is 79.9. The van der Waals surface area contributed by atoms with Crippen LogP contribution in [0.2, 0.25) is 0 Å². The number of halogens is 1. The Balaban J connectivity index is 1.58. The van der Waals surface area contributed by atoms with Gasteiger partial charge in [0.25, 0.3) is 0 Å². The summed E-state index contributed by atoms with van der Waals surface area (Å²) in [5, 5.41) is 3.35. The summed E-state index contributed by atoms with van der Waals surface area (Å²) in [4.78, 5) is 23.3. The fraction of sp³-hybridized carbons (Fsp3) is 0.111. The predicted molar refractivity (Wildman–Crippen MR) is 105 cm³/mol. The van der Waals surface area contributed by atoms with Crippen LogP contribution in [0.3, 0.4) is 0 Å². The van der Waals surface area contributed by atoms with E-state index in [1.807, 2.05) is 0 Å². The first-order valence-electron chi connectivity index (χ1n) is 7.92. The quantitative estimate of drug-likeness (QED) is 0.561.